The summed E-state index contributed by atoms with van der Waals surface area (Å²) in [5.41, 5.74) is -2.03. The van der Waals surface area contributed by atoms with E-state index in [0.717, 1.165) is 29.0 Å². The highest BCUT2D eigenvalue weighted by molar-refractivity contribution is 5.92. The fourth-order valence-corrected chi connectivity index (χ4v) is 2.33. The summed E-state index contributed by atoms with van der Waals surface area (Å²) in [6, 6.07) is 3.50. The second-order valence-electron chi connectivity index (χ2n) is 5.07. The van der Waals surface area contributed by atoms with E-state index < -0.39 is 34.4 Å². The topological polar surface area (TPSA) is 72.2 Å². The Morgan fingerprint density at radius 3 is 2.50 bits per heavy atom. The minimum Gasteiger partial charge on any atom is -0.477 e. The predicted octanol–water partition coefficient (Wildman–Crippen LogP) is 2.81. The number of carbonyl (C=O) groups is 1. The molecule has 122 valence electrons. The van der Waals surface area contributed by atoms with E-state index in [1.807, 2.05) is 0 Å². The Morgan fingerprint density at radius 2 is 1.88 bits per heavy atom. The van der Waals surface area contributed by atoms with Crippen LogP contribution in [0.2, 0.25) is 0 Å². The molecule has 0 amide bonds. The van der Waals surface area contributed by atoms with Gasteiger partial charge in [0.25, 0.3) is 0 Å². The third-order valence-corrected chi connectivity index (χ3v) is 3.51. The van der Waals surface area contributed by atoms with Gasteiger partial charge in [0.05, 0.1) is 16.8 Å². The molecule has 2 aromatic heterocycles. The van der Waals surface area contributed by atoms with E-state index >= 15 is 0 Å². The first-order valence-corrected chi connectivity index (χ1v) is 6.71. The summed E-state index contributed by atoms with van der Waals surface area (Å²) in [5.74, 6) is -4.16. The van der Waals surface area contributed by atoms with Crippen LogP contribution >= 0.6 is 0 Å². The average Bonchev–Trinajstić information content (AvgIpc) is 2.50. The largest absolute Gasteiger partial charge is 0.477 e. The molecule has 0 saturated carbocycles. The monoisotopic (exact) mass is 334 g/mol. The van der Waals surface area contributed by atoms with Gasteiger partial charge in [-0.1, -0.05) is 0 Å². The first kappa shape index (κ1) is 15.7. The van der Waals surface area contributed by atoms with Crippen molar-refractivity contribution in [1.82, 2.24) is 9.55 Å². The van der Waals surface area contributed by atoms with Crippen LogP contribution in [0.3, 0.4) is 0 Å². The molecule has 0 aliphatic heterocycles. The van der Waals surface area contributed by atoms with Crippen LogP contribution in [0, 0.1) is 24.4 Å². The number of halogens is 3. The molecule has 1 aromatic carbocycles. The number of hydrogen-bond acceptors (Lipinski definition) is 3. The first-order valence-electron chi connectivity index (χ1n) is 6.71. The average molecular weight is 334 g/mol. The zero-order valence-corrected chi connectivity index (χ0v) is 12.2. The number of fused-ring (bicyclic) bond motifs is 1. The Morgan fingerprint density at radius 1 is 1.17 bits per heavy atom. The van der Waals surface area contributed by atoms with Crippen LogP contribution in [0.1, 0.15) is 16.1 Å². The molecule has 2 heterocycles. The lowest BCUT2D eigenvalue weighted by molar-refractivity contribution is 0.0695. The molecule has 0 atom stereocenters. The SMILES string of the molecule is Cc1nc2c(cc1F)c(=O)c(C(=O)O)cn2-c1ccc(F)cc1F. The summed E-state index contributed by atoms with van der Waals surface area (Å²) in [4.78, 5) is 27.4. The van der Waals surface area contributed by atoms with Gasteiger partial charge in [-0.2, -0.15) is 0 Å². The van der Waals surface area contributed by atoms with Gasteiger partial charge in [-0.05, 0) is 25.1 Å². The zero-order valence-electron chi connectivity index (χ0n) is 12.2. The molecule has 0 unspecified atom stereocenters. The lowest BCUT2D eigenvalue weighted by Gasteiger charge is -2.13. The number of pyridine rings is 2. The Labute approximate surface area is 132 Å². The van der Waals surface area contributed by atoms with Crippen LogP contribution in [-0.4, -0.2) is 20.6 Å². The van der Waals surface area contributed by atoms with Crippen LogP contribution in [-0.2, 0) is 0 Å². The first-order chi connectivity index (χ1) is 11.3. The van der Waals surface area contributed by atoms with Crippen molar-refractivity contribution in [2.75, 3.05) is 0 Å². The number of aryl methyl sites for hydroxylation is 1. The number of carboxylic acid groups (broad SMARTS) is 1. The lowest BCUT2D eigenvalue weighted by atomic mass is 10.1. The number of aromatic carboxylic acids is 1. The normalized spacial score (nSPS) is 11.0. The van der Waals surface area contributed by atoms with E-state index in [1.54, 1.807) is 0 Å². The maximum atomic E-state index is 14.1. The molecule has 0 bridgehead atoms. The van der Waals surface area contributed by atoms with Crippen molar-refractivity contribution in [2.24, 2.45) is 0 Å². The van der Waals surface area contributed by atoms with Crippen molar-refractivity contribution in [3.8, 4) is 5.69 Å². The van der Waals surface area contributed by atoms with E-state index in [0.29, 0.717) is 6.07 Å². The molecule has 0 saturated heterocycles. The van der Waals surface area contributed by atoms with Crippen molar-refractivity contribution in [3.05, 3.63) is 69.4 Å². The van der Waals surface area contributed by atoms with Crippen LogP contribution < -0.4 is 5.43 Å². The van der Waals surface area contributed by atoms with E-state index in [-0.39, 0.29) is 22.4 Å². The minimum atomic E-state index is -1.56. The zero-order chi connectivity index (χ0) is 17.6. The molecule has 24 heavy (non-hydrogen) atoms. The Bertz CT molecular complexity index is 1060. The number of aromatic nitrogens is 2. The third kappa shape index (κ3) is 2.41. The summed E-state index contributed by atoms with van der Waals surface area (Å²) in [6.45, 7) is 1.34. The minimum absolute atomic E-state index is 0.0544. The lowest BCUT2D eigenvalue weighted by Crippen LogP contribution is -2.20. The van der Waals surface area contributed by atoms with Gasteiger partial charge in [0.1, 0.15) is 28.7 Å². The van der Waals surface area contributed by atoms with Gasteiger partial charge in [0, 0.05) is 12.3 Å². The van der Waals surface area contributed by atoms with Crippen molar-refractivity contribution in [2.45, 2.75) is 6.92 Å². The molecule has 1 N–H and O–H groups in total. The Kier molecular flexibility index (Phi) is 3.59. The number of nitrogens with zero attached hydrogens (tertiary/aromatic N) is 2. The van der Waals surface area contributed by atoms with Crippen LogP contribution in [0.15, 0.2) is 35.3 Å². The predicted molar refractivity (Wildman–Crippen MR) is 78.9 cm³/mol. The summed E-state index contributed by atoms with van der Waals surface area (Å²) in [5, 5.41) is 8.83. The second kappa shape index (κ2) is 5.48. The molecule has 3 aromatic rings. The summed E-state index contributed by atoms with van der Waals surface area (Å²) >= 11 is 0. The van der Waals surface area contributed by atoms with E-state index in [1.165, 1.54) is 6.92 Å². The van der Waals surface area contributed by atoms with Crippen molar-refractivity contribution < 1.29 is 23.1 Å². The third-order valence-electron chi connectivity index (χ3n) is 3.51. The smallest absolute Gasteiger partial charge is 0.341 e. The number of rotatable bonds is 2. The molecule has 0 aliphatic carbocycles. The maximum Gasteiger partial charge on any atom is 0.341 e. The van der Waals surface area contributed by atoms with E-state index in [4.69, 9.17) is 5.11 Å². The quantitative estimate of drug-likeness (QED) is 0.782. The summed E-state index contributed by atoms with van der Waals surface area (Å²) in [6.07, 6.45) is 0.883. The Balaban J connectivity index is 2.50. The second-order valence-corrected chi connectivity index (χ2v) is 5.07. The van der Waals surface area contributed by atoms with Crippen molar-refractivity contribution in [1.29, 1.82) is 0 Å². The molecule has 0 spiro atoms. The van der Waals surface area contributed by atoms with Gasteiger partial charge in [-0.25, -0.2) is 22.9 Å². The van der Waals surface area contributed by atoms with Crippen LogP contribution in [0.25, 0.3) is 16.7 Å². The van der Waals surface area contributed by atoms with Gasteiger partial charge in [-0.15, -0.1) is 0 Å². The van der Waals surface area contributed by atoms with Gasteiger partial charge < -0.3 is 5.11 Å². The molecule has 8 heteroatoms. The van der Waals surface area contributed by atoms with Gasteiger partial charge in [0.2, 0.25) is 5.43 Å². The van der Waals surface area contributed by atoms with Crippen LogP contribution in [0.4, 0.5) is 13.2 Å². The number of carboxylic acids is 1. The molecular weight excluding hydrogens is 325 g/mol. The molecular formula is C16H9F3N2O3. The van der Waals surface area contributed by atoms with Crippen molar-refractivity contribution in [3.63, 3.8) is 0 Å². The number of hydrogen-bond donors (Lipinski definition) is 1. The van der Waals surface area contributed by atoms with E-state index in [9.17, 15) is 22.8 Å². The standard InChI is InChI=1S/C16H9F3N2O3/c1-7-11(18)5-9-14(22)10(16(23)24)6-21(15(9)20-7)13-3-2-8(17)4-12(13)19/h2-6H,1H3,(H,23,24). The molecule has 0 aliphatic rings. The Hall–Kier alpha value is -3.16. The highest BCUT2D eigenvalue weighted by Gasteiger charge is 2.19. The molecule has 3 rings (SSSR count). The summed E-state index contributed by atoms with van der Waals surface area (Å²) in [7, 11) is 0. The van der Waals surface area contributed by atoms with Crippen molar-refractivity contribution >= 4 is 17.0 Å². The summed E-state index contributed by atoms with van der Waals surface area (Å²) < 4.78 is 41.9. The van der Waals surface area contributed by atoms with Gasteiger partial charge >= 0.3 is 5.97 Å². The molecule has 0 radical (unpaired) electrons. The van der Waals surface area contributed by atoms with E-state index in [2.05, 4.69) is 4.98 Å². The van der Waals surface area contributed by atoms with Gasteiger partial charge in [-0.3, -0.25) is 9.36 Å². The fraction of sp³-hybridized carbons (Fsp3) is 0.0625. The van der Waals surface area contributed by atoms with Crippen LogP contribution in [0.5, 0.6) is 0 Å². The highest BCUT2D eigenvalue weighted by atomic mass is 19.1. The number of benzene rings is 1. The van der Waals surface area contributed by atoms with Gasteiger partial charge in [0.15, 0.2) is 0 Å². The maximum absolute atomic E-state index is 14.1. The molecule has 0 fully saturated rings. The molecule has 5 nitrogen and oxygen atoms in total. The fourth-order valence-electron chi connectivity index (χ4n) is 2.33. The highest BCUT2D eigenvalue weighted by Crippen LogP contribution is 2.21.